The topological polar surface area (TPSA) is 55.2 Å². The van der Waals surface area contributed by atoms with Crippen LogP contribution in [0.2, 0.25) is 0 Å². The second-order valence-electron chi connectivity index (χ2n) is 5.05. The smallest absolute Gasteiger partial charge is 0.261 e. The van der Waals surface area contributed by atoms with Crippen molar-refractivity contribution in [1.29, 1.82) is 0 Å². The maximum absolute atomic E-state index is 12.4. The van der Waals surface area contributed by atoms with E-state index in [1.165, 1.54) is 16.3 Å². The standard InChI is InChI=1S/C16H21N3O2S/c1-5-19(6-2)14(20)11(3)22-16-17-13-10-8-7-9-12(13)15(21)18(16)4/h7-11H,5-6H2,1-4H3/t11-/m0/s1. The van der Waals surface area contributed by atoms with Crippen molar-refractivity contribution in [2.24, 2.45) is 7.05 Å². The summed E-state index contributed by atoms with van der Waals surface area (Å²) < 4.78 is 1.51. The van der Waals surface area contributed by atoms with Crippen molar-refractivity contribution in [2.45, 2.75) is 31.2 Å². The highest BCUT2D eigenvalue weighted by molar-refractivity contribution is 8.00. The van der Waals surface area contributed by atoms with Gasteiger partial charge in [0.15, 0.2) is 5.16 Å². The first-order valence-corrected chi connectivity index (χ1v) is 8.28. The van der Waals surface area contributed by atoms with Crippen LogP contribution in [0.4, 0.5) is 0 Å². The molecule has 118 valence electrons. The summed E-state index contributed by atoms with van der Waals surface area (Å²) in [6.45, 7) is 7.15. The molecule has 0 bridgehead atoms. The lowest BCUT2D eigenvalue weighted by Gasteiger charge is -2.22. The van der Waals surface area contributed by atoms with E-state index in [1.54, 1.807) is 18.0 Å². The van der Waals surface area contributed by atoms with E-state index < -0.39 is 0 Å². The van der Waals surface area contributed by atoms with Gasteiger partial charge in [0.1, 0.15) is 0 Å². The van der Waals surface area contributed by atoms with E-state index >= 15 is 0 Å². The van der Waals surface area contributed by atoms with E-state index in [0.717, 1.165) is 0 Å². The summed E-state index contributed by atoms with van der Waals surface area (Å²) in [5.74, 6) is 0.0670. The Balaban J connectivity index is 2.34. The van der Waals surface area contributed by atoms with Crippen LogP contribution < -0.4 is 5.56 Å². The summed E-state index contributed by atoms with van der Waals surface area (Å²) in [6.07, 6.45) is 0. The third kappa shape index (κ3) is 3.16. The normalized spacial score (nSPS) is 12.4. The molecule has 1 aromatic carbocycles. The van der Waals surface area contributed by atoms with Gasteiger partial charge in [-0.15, -0.1) is 0 Å². The van der Waals surface area contributed by atoms with E-state index in [4.69, 9.17) is 0 Å². The summed E-state index contributed by atoms with van der Waals surface area (Å²) in [5.41, 5.74) is 0.575. The Morgan fingerprint density at radius 1 is 1.32 bits per heavy atom. The molecule has 1 atom stereocenters. The number of para-hydroxylation sites is 1. The maximum atomic E-state index is 12.4. The molecule has 1 aromatic heterocycles. The van der Waals surface area contributed by atoms with Crippen molar-refractivity contribution >= 4 is 28.6 Å². The van der Waals surface area contributed by atoms with Gasteiger partial charge in [-0.25, -0.2) is 4.98 Å². The van der Waals surface area contributed by atoms with Crippen LogP contribution in [0.25, 0.3) is 10.9 Å². The van der Waals surface area contributed by atoms with Crippen LogP contribution in [0.1, 0.15) is 20.8 Å². The highest BCUT2D eigenvalue weighted by atomic mass is 32.2. The molecule has 0 N–H and O–H groups in total. The molecule has 0 saturated heterocycles. The van der Waals surface area contributed by atoms with Crippen molar-refractivity contribution in [3.63, 3.8) is 0 Å². The Morgan fingerprint density at radius 3 is 2.59 bits per heavy atom. The number of benzene rings is 1. The number of fused-ring (bicyclic) bond motifs is 1. The van der Waals surface area contributed by atoms with E-state index in [2.05, 4.69) is 4.98 Å². The van der Waals surface area contributed by atoms with Crippen molar-refractivity contribution in [3.8, 4) is 0 Å². The second kappa shape index (κ2) is 6.96. The predicted octanol–water partition coefficient (Wildman–Crippen LogP) is 2.28. The number of nitrogens with zero attached hydrogens (tertiary/aromatic N) is 3. The summed E-state index contributed by atoms with van der Waals surface area (Å²) in [4.78, 5) is 31.0. The molecular weight excluding hydrogens is 298 g/mol. The van der Waals surface area contributed by atoms with E-state index in [0.29, 0.717) is 29.1 Å². The van der Waals surface area contributed by atoms with Gasteiger partial charge in [-0.05, 0) is 32.9 Å². The van der Waals surface area contributed by atoms with Gasteiger partial charge in [0.2, 0.25) is 5.91 Å². The average Bonchev–Trinajstić information content (AvgIpc) is 2.53. The summed E-state index contributed by atoms with van der Waals surface area (Å²) in [6, 6.07) is 7.26. The molecule has 0 aliphatic carbocycles. The number of carbonyl (C=O) groups excluding carboxylic acids is 1. The van der Waals surface area contributed by atoms with Gasteiger partial charge in [0.25, 0.3) is 5.56 Å². The van der Waals surface area contributed by atoms with Crippen LogP contribution in [-0.4, -0.2) is 38.7 Å². The Labute approximate surface area is 134 Å². The van der Waals surface area contributed by atoms with Crippen molar-refractivity contribution in [1.82, 2.24) is 14.5 Å². The SMILES string of the molecule is CCN(CC)C(=O)[C@H](C)Sc1nc2ccccc2c(=O)n1C. The van der Waals surface area contributed by atoms with E-state index in [1.807, 2.05) is 39.0 Å². The molecule has 0 aliphatic rings. The molecule has 5 nitrogen and oxygen atoms in total. The van der Waals surface area contributed by atoms with Crippen LogP contribution >= 0.6 is 11.8 Å². The third-order valence-corrected chi connectivity index (χ3v) is 4.78. The van der Waals surface area contributed by atoms with E-state index in [-0.39, 0.29) is 16.7 Å². The molecule has 0 spiro atoms. The first-order valence-electron chi connectivity index (χ1n) is 7.40. The summed E-state index contributed by atoms with van der Waals surface area (Å²) >= 11 is 1.33. The highest BCUT2D eigenvalue weighted by Crippen LogP contribution is 2.23. The largest absolute Gasteiger partial charge is 0.342 e. The van der Waals surface area contributed by atoms with Crippen LogP contribution in [0.3, 0.4) is 0 Å². The number of amides is 1. The molecule has 0 unspecified atom stereocenters. The van der Waals surface area contributed by atoms with Gasteiger partial charge in [-0.3, -0.25) is 14.2 Å². The zero-order chi connectivity index (χ0) is 16.3. The molecular formula is C16H21N3O2S. The molecule has 2 rings (SSSR count). The van der Waals surface area contributed by atoms with Gasteiger partial charge in [-0.1, -0.05) is 23.9 Å². The predicted molar refractivity (Wildman–Crippen MR) is 90.2 cm³/mol. The fraction of sp³-hybridized carbons (Fsp3) is 0.438. The number of hydrogen-bond donors (Lipinski definition) is 0. The Hall–Kier alpha value is -1.82. The molecule has 0 saturated carbocycles. The molecule has 2 aromatic rings. The number of thioether (sulfide) groups is 1. The van der Waals surface area contributed by atoms with Crippen LogP contribution in [0, 0.1) is 0 Å². The fourth-order valence-corrected chi connectivity index (χ4v) is 3.26. The molecule has 0 aliphatic heterocycles. The lowest BCUT2D eigenvalue weighted by molar-refractivity contribution is -0.129. The second-order valence-corrected chi connectivity index (χ2v) is 6.35. The first-order chi connectivity index (χ1) is 10.5. The van der Waals surface area contributed by atoms with Crippen LogP contribution in [0.5, 0.6) is 0 Å². The monoisotopic (exact) mass is 319 g/mol. The lowest BCUT2D eigenvalue weighted by atomic mass is 10.2. The van der Waals surface area contributed by atoms with Gasteiger partial charge in [0.05, 0.1) is 16.2 Å². The highest BCUT2D eigenvalue weighted by Gasteiger charge is 2.21. The van der Waals surface area contributed by atoms with Gasteiger partial charge >= 0.3 is 0 Å². The molecule has 1 heterocycles. The summed E-state index contributed by atoms with van der Waals surface area (Å²) in [5, 5.41) is 0.882. The zero-order valence-electron chi connectivity index (χ0n) is 13.4. The maximum Gasteiger partial charge on any atom is 0.261 e. The zero-order valence-corrected chi connectivity index (χ0v) is 14.2. The molecule has 0 fully saturated rings. The van der Waals surface area contributed by atoms with Crippen molar-refractivity contribution in [2.75, 3.05) is 13.1 Å². The number of hydrogen-bond acceptors (Lipinski definition) is 4. The minimum Gasteiger partial charge on any atom is -0.342 e. The minimum absolute atomic E-state index is 0.0670. The molecule has 6 heteroatoms. The Morgan fingerprint density at radius 2 is 1.95 bits per heavy atom. The molecule has 0 radical (unpaired) electrons. The van der Waals surface area contributed by atoms with Crippen molar-refractivity contribution in [3.05, 3.63) is 34.6 Å². The summed E-state index contributed by atoms with van der Waals surface area (Å²) in [7, 11) is 1.69. The van der Waals surface area contributed by atoms with E-state index in [9.17, 15) is 9.59 Å². The first kappa shape index (κ1) is 16.5. The molecule has 1 amide bonds. The quantitative estimate of drug-likeness (QED) is 0.627. The number of aromatic nitrogens is 2. The number of carbonyl (C=O) groups is 1. The minimum atomic E-state index is -0.279. The van der Waals surface area contributed by atoms with Crippen molar-refractivity contribution < 1.29 is 4.79 Å². The molecule has 22 heavy (non-hydrogen) atoms. The van der Waals surface area contributed by atoms with Gasteiger partial charge in [-0.2, -0.15) is 0 Å². The lowest BCUT2D eigenvalue weighted by Crippen LogP contribution is -2.36. The van der Waals surface area contributed by atoms with Crippen LogP contribution in [0.15, 0.2) is 34.2 Å². The van der Waals surface area contributed by atoms with Gasteiger partial charge in [0, 0.05) is 20.1 Å². The average molecular weight is 319 g/mol. The Kier molecular flexibility index (Phi) is 5.24. The fourth-order valence-electron chi connectivity index (χ4n) is 2.30. The Bertz CT molecular complexity index is 738. The number of rotatable bonds is 5. The third-order valence-electron chi connectivity index (χ3n) is 3.65. The van der Waals surface area contributed by atoms with Crippen LogP contribution in [-0.2, 0) is 11.8 Å². The van der Waals surface area contributed by atoms with Gasteiger partial charge < -0.3 is 4.90 Å².